The first-order valence-electron chi connectivity index (χ1n) is 13.7. The van der Waals surface area contributed by atoms with Gasteiger partial charge in [-0.25, -0.2) is 8.42 Å². The number of nitrogens with zero attached hydrogens (tertiary/aromatic N) is 2. The van der Waals surface area contributed by atoms with Crippen molar-refractivity contribution >= 4 is 38.9 Å². The summed E-state index contributed by atoms with van der Waals surface area (Å²) in [6, 6.07) is 11.8. The minimum absolute atomic E-state index is 0.191. The van der Waals surface area contributed by atoms with Gasteiger partial charge in [0.1, 0.15) is 11.5 Å². The number of anilines is 2. The van der Waals surface area contributed by atoms with E-state index in [0.29, 0.717) is 34.3 Å². The van der Waals surface area contributed by atoms with Crippen molar-refractivity contribution in [3.8, 4) is 17.2 Å². The summed E-state index contributed by atoms with van der Waals surface area (Å²) < 4.78 is 38.2. The molecule has 0 atom stereocenters. The predicted molar refractivity (Wildman–Crippen MR) is 167 cm³/mol. The van der Waals surface area contributed by atoms with E-state index in [1.165, 1.54) is 7.11 Å². The molecular formula is C30H38ClN5O5S. The van der Waals surface area contributed by atoms with Crippen LogP contribution in [0.3, 0.4) is 0 Å². The lowest BCUT2D eigenvalue weighted by Crippen LogP contribution is -2.27. The maximum Gasteiger partial charge on any atom is 0.255 e. The molecule has 2 heterocycles. The average Bonchev–Trinajstić information content (AvgIpc) is 3.17. The Bertz CT molecular complexity index is 1530. The topological polar surface area (TPSA) is 122 Å². The fourth-order valence-electron chi connectivity index (χ4n) is 4.59. The highest BCUT2D eigenvalue weighted by Crippen LogP contribution is 2.39. The largest absolute Gasteiger partial charge is 0.492 e. The van der Waals surface area contributed by atoms with E-state index < -0.39 is 15.9 Å². The number of ether oxygens (including phenoxy) is 2. The Morgan fingerprint density at radius 2 is 1.86 bits per heavy atom. The van der Waals surface area contributed by atoms with Gasteiger partial charge >= 0.3 is 0 Å². The van der Waals surface area contributed by atoms with Crippen LogP contribution in [0.2, 0.25) is 5.02 Å². The molecule has 1 aliphatic heterocycles. The number of nitrogens with one attached hydrogen (secondary N) is 3. The SMILES string of the molecule is COc1c(NC(=O)c2ccc(Cl)c(Oc3ccnc(CN4CCCNCC4)c3)c2)cc(C(C)(C)C)cc1NS(C)(=O)=O. The third-order valence-corrected chi connectivity index (χ3v) is 7.63. The number of methoxy groups -OCH3 is 1. The maximum absolute atomic E-state index is 13.4. The average molecular weight is 616 g/mol. The third-order valence-electron chi connectivity index (χ3n) is 6.73. The highest BCUT2D eigenvalue weighted by Gasteiger charge is 2.23. The van der Waals surface area contributed by atoms with Gasteiger partial charge in [-0.05, 0) is 66.9 Å². The van der Waals surface area contributed by atoms with Crippen molar-refractivity contribution in [3.63, 3.8) is 0 Å². The first kappa shape index (κ1) is 31.6. The van der Waals surface area contributed by atoms with Gasteiger partial charge in [-0.3, -0.25) is 19.4 Å². The molecule has 1 aromatic heterocycles. The van der Waals surface area contributed by atoms with Gasteiger partial charge in [0.2, 0.25) is 10.0 Å². The van der Waals surface area contributed by atoms with Crippen LogP contribution < -0.4 is 24.8 Å². The zero-order valence-electron chi connectivity index (χ0n) is 24.6. The standard InChI is InChI=1S/C30H38ClN5O5S/c1-30(2,3)21-16-25(28(40-4)26(17-21)35-42(5,38)39)34-29(37)20-7-8-24(31)27(15-20)41-23-9-11-33-22(18-23)19-36-13-6-10-32-12-14-36/h7-9,11,15-18,32,35H,6,10,12-14,19H2,1-5H3,(H,34,37). The first-order valence-corrected chi connectivity index (χ1v) is 16.0. The van der Waals surface area contributed by atoms with E-state index in [1.807, 2.05) is 26.8 Å². The quantitative estimate of drug-likeness (QED) is 0.298. The van der Waals surface area contributed by atoms with E-state index in [0.717, 1.165) is 50.1 Å². The molecule has 3 N–H and O–H groups in total. The zero-order valence-corrected chi connectivity index (χ0v) is 26.2. The summed E-state index contributed by atoms with van der Waals surface area (Å²) in [5, 5.41) is 6.61. The predicted octanol–water partition coefficient (Wildman–Crippen LogP) is 5.25. The highest BCUT2D eigenvalue weighted by atomic mass is 35.5. The van der Waals surface area contributed by atoms with Crippen molar-refractivity contribution in [1.29, 1.82) is 0 Å². The molecule has 0 bridgehead atoms. The molecule has 1 aliphatic rings. The Morgan fingerprint density at radius 1 is 1.10 bits per heavy atom. The Morgan fingerprint density at radius 3 is 2.57 bits per heavy atom. The van der Waals surface area contributed by atoms with E-state index in [-0.39, 0.29) is 16.9 Å². The number of halogens is 1. The Labute approximate surface area is 252 Å². The van der Waals surface area contributed by atoms with Crippen LogP contribution in [-0.4, -0.2) is 63.8 Å². The lowest BCUT2D eigenvalue weighted by atomic mass is 9.86. The number of carbonyl (C=O) groups excluding carboxylic acids is 1. The van der Waals surface area contributed by atoms with E-state index in [1.54, 1.807) is 42.6 Å². The second-order valence-corrected chi connectivity index (χ2v) is 13.4. The van der Waals surface area contributed by atoms with E-state index in [4.69, 9.17) is 21.1 Å². The fourth-order valence-corrected chi connectivity index (χ4v) is 5.30. The molecule has 0 unspecified atom stereocenters. The molecule has 0 saturated carbocycles. The van der Waals surface area contributed by atoms with Crippen LogP contribution in [0.25, 0.3) is 0 Å². The monoisotopic (exact) mass is 615 g/mol. The van der Waals surface area contributed by atoms with Crippen molar-refractivity contribution in [1.82, 2.24) is 15.2 Å². The third kappa shape index (κ3) is 8.57. The number of hydrogen-bond acceptors (Lipinski definition) is 8. The summed E-state index contributed by atoms with van der Waals surface area (Å²) in [5.74, 6) is 0.617. The van der Waals surface area contributed by atoms with Crippen LogP contribution in [0.4, 0.5) is 11.4 Å². The van der Waals surface area contributed by atoms with Gasteiger partial charge in [-0.15, -0.1) is 0 Å². The molecule has 10 nitrogen and oxygen atoms in total. The lowest BCUT2D eigenvalue weighted by molar-refractivity contribution is 0.102. The summed E-state index contributed by atoms with van der Waals surface area (Å²) in [7, 11) is -2.19. The van der Waals surface area contributed by atoms with Gasteiger partial charge < -0.3 is 20.1 Å². The van der Waals surface area contributed by atoms with Gasteiger partial charge in [-0.1, -0.05) is 32.4 Å². The van der Waals surface area contributed by atoms with Gasteiger partial charge in [-0.2, -0.15) is 0 Å². The normalized spacial score (nSPS) is 14.6. The number of rotatable bonds is 9. The molecular weight excluding hydrogens is 578 g/mol. The molecule has 1 fully saturated rings. The van der Waals surface area contributed by atoms with Crippen LogP contribution in [0, 0.1) is 0 Å². The van der Waals surface area contributed by atoms with Crippen molar-refractivity contribution in [2.24, 2.45) is 0 Å². The second-order valence-electron chi connectivity index (χ2n) is 11.3. The van der Waals surface area contributed by atoms with Gasteiger partial charge in [0.05, 0.1) is 35.5 Å². The summed E-state index contributed by atoms with van der Waals surface area (Å²) >= 11 is 6.45. The van der Waals surface area contributed by atoms with Crippen molar-refractivity contribution < 1.29 is 22.7 Å². The van der Waals surface area contributed by atoms with Crippen LogP contribution in [-0.2, 0) is 22.0 Å². The minimum atomic E-state index is -3.61. The number of carbonyl (C=O) groups is 1. The van der Waals surface area contributed by atoms with E-state index in [9.17, 15) is 13.2 Å². The molecule has 0 aliphatic carbocycles. The highest BCUT2D eigenvalue weighted by molar-refractivity contribution is 7.92. The van der Waals surface area contributed by atoms with Crippen molar-refractivity contribution in [2.75, 3.05) is 49.6 Å². The summed E-state index contributed by atoms with van der Waals surface area (Å²) in [6.07, 6.45) is 3.84. The number of benzene rings is 2. The molecule has 3 aromatic rings. The Balaban J connectivity index is 1.58. The molecule has 1 amide bonds. The van der Waals surface area contributed by atoms with Crippen molar-refractivity contribution in [3.05, 3.63) is 70.5 Å². The van der Waals surface area contributed by atoms with Gasteiger partial charge in [0, 0.05) is 37.5 Å². The Kier molecular flexibility index (Phi) is 9.98. The summed E-state index contributed by atoms with van der Waals surface area (Å²) in [6.45, 7) is 10.6. The summed E-state index contributed by atoms with van der Waals surface area (Å²) in [4.78, 5) is 20.3. The molecule has 0 spiro atoms. The molecule has 226 valence electrons. The molecule has 2 aromatic carbocycles. The van der Waals surface area contributed by atoms with Crippen LogP contribution in [0.5, 0.6) is 17.2 Å². The van der Waals surface area contributed by atoms with Crippen LogP contribution >= 0.6 is 11.6 Å². The molecule has 4 rings (SSSR count). The molecule has 42 heavy (non-hydrogen) atoms. The van der Waals surface area contributed by atoms with E-state index >= 15 is 0 Å². The molecule has 12 heteroatoms. The smallest absolute Gasteiger partial charge is 0.255 e. The van der Waals surface area contributed by atoms with E-state index in [2.05, 4.69) is 25.2 Å². The van der Waals surface area contributed by atoms with Gasteiger partial charge in [0.25, 0.3) is 5.91 Å². The molecule has 1 saturated heterocycles. The van der Waals surface area contributed by atoms with Crippen molar-refractivity contribution in [2.45, 2.75) is 39.2 Å². The zero-order chi connectivity index (χ0) is 30.5. The number of pyridine rings is 1. The summed E-state index contributed by atoms with van der Waals surface area (Å²) in [5.41, 5.74) is 2.18. The first-order chi connectivity index (χ1) is 19.8. The Hall–Kier alpha value is -3.38. The number of aromatic nitrogens is 1. The maximum atomic E-state index is 13.4. The van der Waals surface area contributed by atoms with Gasteiger partial charge in [0.15, 0.2) is 5.75 Å². The minimum Gasteiger partial charge on any atom is -0.492 e. The number of sulfonamides is 1. The number of amides is 1. The van der Waals surface area contributed by atoms with Crippen LogP contribution in [0.15, 0.2) is 48.7 Å². The second kappa shape index (κ2) is 13.3. The lowest BCUT2D eigenvalue weighted by Gasteiger charge is -2.24. The fraction of sp³-hybridized carbons (Fsp3) is 0.400. The number of hydrogen-bond donors (Lipinski definition) is 3. The molecule has 0 radical (unpaired) electrons. The van der Waals surface area contributed by atoms with Crippen LogP contribution in [0.1, 0.15) is 48.8 Å².